The highest BCUT2D eigenvalue weighted by Crippen LogP contribution is 2.03. The Bertz CT molecular complexity index is 326. The SMILES string of the molecule is O=C(O)CCc1c[nH]c(CCC(=O)O)n1. The van der Waals surface area contributed by atoms with E-state index in [1.165, 1.54) is 0 Å². The average molecular weight is 212 g/mol. The van der Waals surface area contributed by atoms with Gasteiger partial charge in [0.1, 0.15) is 5.82 Å². The largest absolute Gasteiger partial charge is 0.481 e. The van der Waals surface area contributed by atoms with E-state index in [1.54, 1.807) is 6.20 Å². The van der Waals surface area contributed by atoms with Gasteiger partial charge in [0.25, 0.3) is 0 Å². The summed E-state index contributed by atoms with van der Waals surface area (Å²) in [6.45, 7) is 0. The van der Waals surface area contributed by atoms with E-state index in [0.717, 1.165) is 0 Å². The minimum absolute atomic E-state index is 0.0197. The normalized spacial score (nSPS) is 10.1. The van der Waals surface area contributed by atoms with E-state index >= 15 is 0 Å². The number of H-pyrrole nitrogens is 1. The molecule has 1 rings (SSSR count). The van der Waals surface area contributed by atoms with Crippen LogP contribution in [0.4, 0.5) is 0 Å². The summed E-state index contributed by atoms with van der Waals surface area (Å²) in [5, 5.41) is 16.9. The number of rotatable bonds is 6. The molecule has 0 amide bonds. The summed E-state index contributed by atoms with van der Waals surface area (Å²) < 4.78 is 0. The molecule has 6 nitrogen and oxygen atoms in total. The Labute approximate surface area is 86.0 Å². The van der Waals surface area contributed by atoms with Crippen molar-refractivity contribution in [3.63, 3.8) is 0 Å². The lowest BCUT2D eigenvalue weighted by molar-refractivity contribution is -0.138. The average Bonchev–Trinajstić information content (AvgIpc) is 2.59. The molecule has 15 heavy (non-hydrogen) atoms. The predicted molar refractivity (Wildman–Crippen MR) is 50.5 cm³/mol. The Kier molecular flexibility index (Phi) is 3.84. The quantitative estimate of drug-likeness (QED) is 0.635. The van der Waals surface area contributed by atoms with E-state index in [2.05, 4.69) is 9.97 Å². The van der Waals surface area contributed by atoms with Crippen molar-refractivity contribution in [2.24, 2.45) is 0 Å². The number of aryl methyl sites for hydroxylation is 2. The molecule has 3 N–H and O–H groups in total. The van der Waals surface area contributed by atoms with Crippen LogP contribution in [0.1, 0.15) is 24.4 Å². The molecule has 0 bridgehead atoms. The van der Waals surface area contributed by atoms with Crippen molar-refractivity contribution in [2.45, 2.75) is 25.7 Å². The maximum absolute atomic E-state index is 10.3. The second-order valence-corrected chi connectivity index (χ2v) is 3.13. The molecule has 0 unspecified atom stereocenters. The number of aromatic amines is 1. The molecule has 0 saturated heterocycles. The number of nitrogens with zero attached hydrogens (tertiary/aromatic N) is 1. The summed E-state index contributed by atoms with van der Waals surface area (Å²) in [6.07, 6.45) is 2.36. The smallest absolute Gasteiger partial charge is 0.303 e. The van der Waals surface area contributed by atoms with Gasteiger partial charge in [-0.1, -0.05) is 0 Å². The first-order chi connectivity index (χ1) is 7.08. The number of aromatic nitrogens is 2. The first-order valence-corrected chi connectivity index (χ1v) is 4.54. The number of carbonyl (C=O) groups is 2. The Balaban J connectivity index is 2.41. The van der Waals surface area contributed by atoms with E-state index in [9.17, 15) is 9.59 Å². The second-order valence-electron chi connectivity index (χ2n) is 3.13. The molecular formula is C9H12N2O4. The van der Waals surface area contributed by atoms with Crippen LogP contribution in [0.3, 0.4) is 0 Å². The number of carboxylic acids is 2. The lowest BCUT2D eigenvalue weighted by atomic mass is 10.2. The number of imidazole rings is 1. The summed E-state index contributed by atoms with van der Waals surface area (Å²) in [4.78, 5) is 27.4. The van der Waals surface area contributed by atoms with Gasteiger partial charge in [-0.2, -0.15) is 0 Å². The first-order valence-electron chi connectivity index (χ1n) is 4.54. The van der Waals surface area contributed by atoms with Crippen LogP contribution in [-0.2, 0) is 22.4 Å². The summed E-state index contributed by atoms with van der Waals surface area (Å²) in [5.41, 5.74) is 0.651. The van der Waals surface area contributed by atoms with Crippen molar-refractivity contribution in [2.75, 3.05) is 0 Å². The van der Waals surface area contributed by atoms with E-state index < -0.39 is 11.9 Å². The zero-order valence-electron chi connectivity index (χ0n) is 8.06. The highest BCUT2D eigenvalue weighted by molar-refractivity contribution is 5.67. The van der Waals surface area contributed by atoms with Gasteiger partial charge < -0.3 is 15.2 Å². The minimum atomic E-state index is -0.876. The van der Waals surface area contributed by atoms with Gasteiger partial charge in [0.05, 0.1) is 18.5 Å². The molecule has 1 aromatic rings. The Morgan fingerprint density at radius 1 is 1.20 bits per heavy atom. The fourth-order valence-electron chi connectivity index (χ4n) is 1.12. The topological polar surface area (TPSA) is 103 Å². The number of hydrogen-bond acceptors (Lipinski definition) is 3. The lowest BCUT2D eigenvalue weighted by Crippen LogP contribution is -2.00. The Hall–Kier alpha value is -1.85. The molecule has 0 spiro atoms. The van der Waals surface area contributed by atoms with Crippen LogP contribution in [-0.4, -0.2) is 32.1 Å². The third-order valence-electron chi connectivity index (χ3n) is 1.85. The molecule has 0 fully saturated rings. The van der Waals surface area contributed by atoms with E-state index in [1.807, 2.05) is 0 Å². The molecule has 0 aliphatic heterocycles. The lowest BCUT2D eigenvalue weighted by Gasteiger charge is -1.92. The molecule has 0 atom stereocenters. The van der Waals surface area contributed by atoms with Crippen molar-refractivity contribution >= 4 is 11.9 Å². The van der Waals surface area contributed by atoms with Gasteiger partial charge in [0, 0.05) is 19.0 Å². The molecule has 82 valence electrons. The molecule has 0 aliphatic carbocycles. The minimum Gasteiger partial charge on any atom is -0.481 e. The van der Waals surface area contributed by atoms with Crippen LogP contribution >= 0.6 is 0 Å². The summed E-state index contributed by atoms with van der Waals surface area (Å²) in [7, 11) is 0. The standard InChI is InChI=1S/C9H12N2O4/c12-8(13)3-1-6-5-10-7(11-6)2-4-9(14)15/h5H,1-4H2,(H,10,11)(H,12,13)(H,14,15). The Morgan fingerprint density at radius 2 is 1.80 bits per heavy atom. The molecule has 0 aromatic carbocycles. The van der Waals surface area contributed by atoms with Gasteiger partial charge in [0.2, 0.25) is 0 Å². The van der Waals surface area contributed by atoms with Gasteiger partial charge in [-0.15, -0.1) is 0 Å². The molecule has 6 heteroatoms. The maximum atomic E-state index is 10.3. The predicted octanol–water partition coefficient (Wildman–Crippen LogP) is 0.444. The molecule has 0 radical (unpaired) electrons. The zero-order chi connectivity index (χ0) is 11.3. The van der Waals surface area contributed by atoms with Crippen LogP contribution in [0.15, 0.2) is 6.20 Å². The maximum Gasteiger partial charge on any atom is 0.303 e. The van der Waals surface area contributed by atoms with Crippen molar-refractivity contribution in [3.05, 3.63) is 17.7 Å². The molecule has 0 saturated carbocycles. The third kappa shape index (κ3) is 4.26. The van der Waals surface area contributed by atoms with Gasteiger partial charge in [0.15, 0.2) is 0 Å². The van der Waals surface area contributed by atoms with E-state index in [-0.39, 0.29) is 12.8 Å². The fourth-order valence-corrected chi connectivity index (χ4v) is 1.12. The van der Waals surface area contributed by atoms with E-state index in [4.69, 9.17) is 10.2 Å². The van der Waals surface area contributed by atoms with Gasteiger partial charge in [-0.25, -0.2) is 4.98 Å². The number of carboxylic acid groups (broad SMARTS) is 2. The number of nitrogens with one attached hydrogen (secondary N) is 1. The highest BCUT2D eigenvalue weighted by Gasteiger charge is 2.05. The summed E-state index contributed by atoms with van der Waals surface area (Å²) in [6, 6.07) is 0. The second kappa shape index (κ2) is 5.14. The van der Waals surface area contributed by atoms with Crippen LogP contribution in [0.5, 0.6) is 0 Å². The number of hydrogen-bond donors (Lipinski definition) is 3. The molecule has 0 aliphatic rings. The van der Waals surface area contributed by atoms with Gasteiger partial charge in [-0.05, 0) is 0 Å². The molecule has 1 heterocycles. The van der Waals surface area contributed by atoms with Crippen molar-refractivity contribution in [1.82, 2.24) is 9.97 Å². The number of aliphatic carboxylic acids is 2. The van der Waals surface area contributed by atoms with Crippen LogP contribution in [0, 0.1) is 0 Å². The molecule has 1 aromatic heterocycles. The van der Waals surface area contributed by atoms with Crippen LogP contribution in [0.25, 0.3) is 0 Å². The third-order valence-corrected chi connectivity index (χ3v) is 1.85. The van der Waals surface area contributed by atoms with Crippen molar-refractivity contribution in [3.8, 4) is 0 Å². The molecular weight excluding hydrogens is 200 g/mol. The van der Waals surface area contributed by atoms with E-state index in [0.29, 0.717) is 24.4 Å². The fraction of sp³-hybridized carbons (Fsp3) is 0.444. The Morgan fingerprint density at radius 3 is 2.40 bits per heavy atom. The van der Waals surface area contributed by atoms with Gasteiger partial charge >= 0.3 is 11.9 Å². The summed E-state index contributed by atoms with van der Waals surface area (Å²) in [5.74, 6) is -1.17. The van der Waals surface area contributed by atoms with Crippen LogP contribution in [0.2, 0.25) is 0 Å². The van der Waals surface area contributed by atoms with Crippen LogP contribution < -0.4 is 0 Å². The van der Waals surface area contributed by atoms with Crippen molar-refractivity contribution in [1.29, 1.82) is 0 Å². The summed E-state index contributed by atoms with van der Waals surface area (Å²) >= 11 is 0. The first kappa shape index (κ1) is 11.2. The van der Waals surface area contributed by atoms with Gasteiger partial charge in [-0.3, -0.25) is 9.59 Å². The zero-order valence-corrected chi connectivity index (χ0v) is 8.06. The highest BCUT2D eigenvalue weighted by atomic mass is 16.4. The monoisotopic (exact) mass is 212 g/mol. The van der Waals surface area contributed by atoms with Crippen molar-refractivity contribution < 1.29 is 19.8 Å².